The van der Waals surface area contributed by atoms with Crippen LogP contribution in [0.3, 0.4) is 0 Å². The summed E-state index contributed by atoms with van der Waals surface area (Å²) in [5.74, 6) is 6.62. The lowest BCUT2D eigenvalue weighted by molar-refractivity contribution is -0.127. The number of hydrogen-bond donors (Lipinski definition) is 2. The molecule has 0 unspecified atom stereocenters. The molecule has 1 aliphatic heterocycles. The fourth-order valence-electron chi connectivity index (χ4n) is 3.87. The van der Waals surface area contributed by atoms with Crippen LogP contribution in [-0.2, 0) is 4.79 Å². The van der Waals surface area contributed by atoms with E-state index in [0.717, 1.165) is 32.4 Å². The van der Waals surface area contributed by atoms with Crippen molar-refractivity contribution in [3.05, 3.63) is 35.9 Å². The van der Waals surface area contributed by atoms with Crippen LogP contribution in [0.25, 0.3) is 0 Å². The molecule has 4 nitrogen and oxygen atoms in total. The molecule has 0 aromatic heterocycles. The standard InChI is InChI=1S/C18H27N3O/c19-21-12-10-15(11-13-21)18(22)20-17-9-5-4-8-16(17)14-6-2-1-3-7-14/h1-3,6-7,15-17H,4-5,8-13,19H2,(H,20,22)/t16-,17-/m1/s1. The monoisotopic (exact) mass is 301 g/mol. The van der Waals surface area contributed by atoms with Crippen molar-refractivity contribution in [2.75, 3.05) is 13.1 Å². The maximum absolute atomic E-state index is 12.6. The third-order valence-electron chi connectivity index (χ3n) is 5.22. The van der Waals surface area contributed by atoms with Gasteiger partial charge in [-0.25, -0.2) is 5.01 Å². The highest BCUT2D eigenvalue weighted by Gasteiger charge is 2.31. The Kier molecular flexibility index (Phi) is 5.11. The lowest BCUT2D eigenvalue weighted by Gasteiger charge is -2.35. The molecule has 22 heavy (non-hydrogen) atoms. The second-order valence-corrected chi connectivity index (χ2v) is 6.73. The van der Waals surface area contributed by atoms with Crippen LogP contribution in [-0.4, -0.2) is 30.0 Å². The summed E-state index contributed by atoms with van der Waals surface area (Å²) < 4.78 is 0. The van der Waals surface area contributed by atoms with Gasteiger partial charge in [0.25, 0.3) is 0 Å². The zero-order chi connectivity index (χ0) is 15.4. The highest BCUT2D eigenvalue weighted by molar-refractivity contribution is 5.79. The third kappa shape index (κ3) is 3.68. The summed E-state index contributed by atoms with van der Waals surface area (Å²) in [7, 11) is 0. The first kappa shape index (κ1) is 15.5. The summed E-state index contributed by atoms with van der Waals surface area (Å²) in [6.07, 6.45) is 6.51. The molecule has 0 spiro atoms. The second-order valence-electron chi connectivity index (χ2n) is 6.73. The predicted molar refractivity (Wildman–Crippen MR) is 88.1 cm³/mol. The molecule has 2 fully saturated rings. The normalized spacial score (nSPS) is 27.5. The fourth-order valence-corrected chi connectivity index (χ4v) is 3.87. The Hall–Kier alpha value is -1.39. The van der Waals surface area contributed by atoms with Crippen LogP contribution in [0.4, 0.5) is 0 Å². The van der Waals surface area contributed by atoms with Crippen molar-refractivity contribution < 1.29 is 4.79 Å². The summed E-state index contributed by atoms with van der Waals surface area (Å²) >= 11 is 0. The number of carbonyl (C=O) groups is 1. The molecule has 3 rings (SSSR count). The molecule has 2 aliphatic rings. The van der Waals surface area contributed by atoms with Gasteiger partial charge < -0.3 is 5.32 Å². The molecular weight excluding hydrogens is 274 g/mol. The quantitative estimate of drug-likeness (QED) is 0.843. The SMILES string of the molecule is NN1CCC(C(=O)N[C@@H]2CCCC[C@@H]2c2ccccc2)CC1. The van der Waals surface area contributed by atoms with E-state index in [2.05, 4.69) is 35.6 Å². The number of rotatable bonds is 3. The van der Waals surface area contributed by atoms with Crippen molar-refractivity contribution in [3.63, 3.8) is 0 Å². The molecule has 120 valence electrons. The van der Waals surface area contributed by atoms with Crippen LogP contribution >= 0.6 is 0 Å². The number of benzene rings is 1. The molecule has 1 aliphatic carbocycles. The lowest BCUT2D eigenvalue weighted by Crippen LogP contribution is -2.47. The number of amides is 1. The first-order valence-corrected chi connectivity index (χ1v) is 8.59. The van der Waals surface area contributed by atoms with Crippen LogP contribution in [0, 0.1) is 5.92 Å². The molecule has 1 aromatic carbocycles. The number of hydrazine groups is 1. The van der Waals surface area contributed by atoms with Gasteiger partial charge in [-0.2, -0.15) is 0 Å². The van der Waals surface area contributed by atoms with Gasteiger partial charge in [0.1, 0.15) is 0 Å². The summed E-state index contributed by atoms with van der Waals surface area (Å²) in [5.41, 5.74) is 1.37. The number of nitrogens with one attached hydrogen (secondary N) is 1. The first-order valence-electron chi connectivity index (χ1n) is 8.59. The lowest BCUT2D eigenvalue weighted by atomic mass is 9.79. The van der Waals surface area contributed by atoms with E-state index < -0.39 is 0 Å². The molecule has 0 radical (unpaired) electrons. The summed E-state index contributed by atoms with van der Waals surface area (Å²) in [5, 5.41) is 5.17. The van der Waals surface area contributed by atoms with Crippen molar-refractivity contribution in [1.82, 2.24) is 10.3 Å². The van der Waals surface area contributed by atoms with E-state index in [1.165, 1.54) is 24.8 Å². The number of hydrogen-bond acceptors (Lipinski definition) is 3. The second kappa shape index (κ2) is 7.25. The minimum Gasteiger partial charge on any atom is -0.353 e. The Balaban J connectivity index is 1.63. The largest absolute Gasteiger partial charge is 0.353 e. The molecule has 2 atom stereocenters. The van der Waals surface area contributed by atoms with E-state index in [0.29, 0.717) is 12.0 Å². The van der Waals surface area contributed by atoms with Gasteiger partial charge in [0.2, 0.25) is 5.91 Å². The van der Waals surface area contributed by atoms with Gasteiger partial charge in [-0.05, 0) is 31.2 Å². The molecular formula is C18H27N3O. The number of piperidine rings is 1. The summed E-state index contributed by atoms with van der Waals surface area (Å²) in [4.78, 5) is 12.6. The maximum atomic E-state index is 12.6. The molecule has 1 amide bonds. The van der Waals surface area contributed by atoms with E-state index in [-0.39, 0.29) is 11.8 Å². The average Bonchev–Trinajstić information content (AvgIpc) is 2.57. The molecule has 1 saturated carbocycles. The van der Waals surface area contributed by atoms with Crippen LogP contribution in [0.5, 0.6) is 0 Å². The smallest absolute Gasteiger partial charge is 0.223 e. The van der Waals surface area contributed by atoms with Crippen molar-refractivity contribution in [2.45, 2.75) is 50.5 Å². The minimum absolute atomic E-state index is 0.137. The molecule has 1 heterocycles. The van der Waals surface area contributed by atoms with Crippen LogP contribution < -0.4 is 11.2 Å². The van der Waals surface area contributed by atoms with Gasteiger partial charge >= 0.3 is 0 Å². The van der Waals surface area contributed by atoms with Gasteiger partial charge in [0.05, 0.1) is 0 Å². The Morgan fingerprint density at radius 3 is 2.45 bits per heavy atom. The van der Waals surface area contributed by atoms with Crippen LogP contribution in [0.15, 0.2) is 30.3 Å². The van der Waals surface area contributed by atoms with Crippen molar-refractivity contribution in [1.29, 1.82) is 0 Å². The predicted octanol–water partition coefficient (Wildman–Crippen LogP) is 2.41. The van der Waals surface area contributed by atoms with E-state index in [1.54, 1.807) is 0 Å². The maximum Gasteiger partial charge on any atom is 0.223 e. The topological polar surface area (TPSA) is 58.4 Å². The first-order chi connectivity index (χ1) is 10.7. The highest BCUT2D eigenvalue weighted by atomic mass is 16.2. The molecule has 3 N–H and O–H groups in total. The third-order valence-corrected chi connectivity index (χ3v) is 5.22. The van der Waals surface area contributed by atoms with Crippen molar-refractivity contribution >= 4 is 5.91 Å². The van der Waals surface area contributed by atoms with Crippen LogP contribution in [0.1, 0.15) is 50.0 Å². The average molecular weight is 301 g/mol. The molecule has 0 bridgehead atoms. The van der Waals surface area contributed by atoms with Gasteiger partial charge in [0, 0.05) is 31.0 Å². The summed E-state index contributed by atoms with van der Waals surface area (Å²) in [6, 6.07) is 10.9. The Labute approximate surface area is 133 Å². The van der Waals surface area contributed by atoms with E-state index in [4.69, 9.17) is 5.84 Å². The Morgan fingerprint density at radius 1 is 1.05 bits per heavy atom. The Morgan fingerprint density at radius 2 is 1.73 bits per heavy atom. The molecule has 4 heteroatoms. The molecule has 1 saturated heterocycles. The van der Waals surface area contributed by atoms with Crippen molar-refractivity contribution in [3.8, 4) is 0 Å². The van der Waals surface area contributed by atoms with Gasteiger partial charge in [-0.1, -0.05) is 43.2 Å². The van der Waals surface area contributed by atoms with Gasteiger partial charge in [0.15, 0.2) is 0 Å². The number of carbonyl (C=O) groups excluding carboxylic acids is 1. The summed E-state index contributed by atoms with van der Waals surface area (Å²) in [6.45, 7) is 1.65. The zero-order valence-electron chi connectivity index (χ0n) is 13.2. The van der Waals surface area contributed by atoms with Crippen LogP contribution in [0.2, 0.25) is 0 Å². The number of nitrogens with zero attached hydrogens (tertiary/aromatic N) is 1. The zero-order valence-corrected chi connectivity index (χ0v) is 13.2. The molecule has 1 aromatic rings. The fraction of sp³-hybridized carbons (Fsp3) is 0.611. The van der Waals surface area contributed by atoms with E-state index >= 15 is 0 Å². The van der Waals surface area contributed by atoms with Crippen molar-refractivity contribution in [2.24, 2.45) is 11.8 Å². The van der Waals surface area contributed by atoms with E-state index in [1.807, 2.05) is 5.01 Å². The van der Waals surface area contributed by atoms with E-state index in [9.17, 15) is 4.79 Å². The Bertz CT molecular complexity index is 482. The number of nitrogens with two attached hydrogens (primary N) is 1. The minimum atomic E-state index is 0.137. The highest BCUT2D eigenvalue weighted by Crippen LogP contribution is 2.33. The van der Waals surface area contributed by atoms with Gasteiger partial charge in [-0.3, -0.25) is 10.6 Å². The van der Waals surface area contributed by atoms with Gasteiger partial charge in [-0.15, -0.1) is 0 Å².